The molecule has 0 atom stereocenters. The molecule has 0 amide bonds. The standard InChI is InChI=1S/C11H12BrClN2O3/c1-17-6-3-7(11(16)18-2)10(8(12)4-6)15-9(14)5-13/h3-4H,5H2,1-2H3,(H2,14,15). The third-order valence-electron chi connectivity index (χ3n) is 2.07. The van der Waals surface area contributed by atoms with Gasteiger partial charge in [0.25, 0.3) is 0 Å². The Morgan fingerprint density at radius 1 is 1.50 bits per heavy atom. The van der Waals surface area contributed by atoms with E-state index in [9.17, 15) is 4.79 Å². The summed E-state index contributed by atoms with van der Waals surface area (Å²) < 4.78 is 10.3. The molecular weight excluding hydrogens is 323 g/mol. The van der Waals surface area contributed by atoms with Gasteiger partial charge in [-0.3, -0.25) is 0 Å². The number of nitrogens with zero attached hydrogens (tertiary/aromatic N) is 1. The fourth-order valence-corrected chi connectivity index (χ4v) is 1.83. The zero-order chi connectivity index (χ0) is 13.7. The van der Waals surface area contributed by atoms with E-state index in [1.165, 1.54) is 20.3 Å². The van der Waals surface area contributed by atoms with Crippen molar-refractivity contribution in [2.24, 2.45) is 10.7 Å². The van der Waals surface area contributed by atoms with Crippen molar-refractivity contribution in [2.45, 2.75) is 0 Å². The van der Waals surface area contributed by atoms with Gasteiger partial charge in [0, 0.05) is 4.47 Å². The number of methoxy groups -OCH3 is 2. The number of amidine groups is 1. The summed E-state index contributed by atoms with van der Waals surface area (Å²) in [6.07, 6.45) is 0. The van der Waals surface area contributed by atoms with Gasteiger partial charge < -0.3 is 15.2 Å². The topological polar surface area (TPSA) is 73.9 Å². The Balaban J connectivity index is 3.42. The van der Waals surface area contributed by atoms with Crippen molar-refractivity contribution in [3.05, 3.63) is 22.2 Å². The van der Waals surface area contributed by atoms with E-state index in [4.69, 9.17) is 22.1 Å². The second-order valence-corrected chi connectivity index (χ2v) is 4.36. The summed E-state index contributed by atoms with van der Waals surface area (Å²) >= 11 is 8.87. The first kappa shape index (κ1) is 14.8. The van der Waals surface area contributed by atoms with Crippen LogP contribution in [-0.4, -0.2) is 31.9 Å². The summed E-state index contributed by atoms with van der Waals surface area (Å²) in [6.45, 7) is 0. The number of benzene rings is 1. The molecule has 18 heavy (non-hydrogen) atoms. The van der Waals surface area contributed by atoms with E-state index >= 15 is 0 Å². The quantitative estimate of drug-likeness (QED) is 0.397. The Kier molecular flexibility index (Phi) is 5.43. The molecule has 0 aliphatic carbocycles. The van der Waals surface area contributed by atoms with Crippen LogP contribution in [0.5, 0.6) is 5.75 Å². The van der Waals surface area contributed by atoms with Gasteiger partial charge in [0.2, 0.25) is 0 Å². The minimum atomic E-state index is -0.532. The zero-order valence-electron chi connectivity index (χ0n) is 9.87. The Morgan fingerprint density at radius 2 is 2.17 bits per heavy atom. The first-order chi connectivity index (χ1) is 8.53. The molecule has 0 fully saturated rings. The largest absolute Gasteiger partial charge is 0.497 e. The summed E-state index contributed by atoms with van der Waals surface area (Å²) in [6, 6.07) is 3.20. The minimum absolute atomic E-state index is 0.0685. The van der Waals surface area contributed by atoms with E-state index in [1.54, 1.807) is 6.07 Å². The molecular formula is C11H12BrClN2O3. The van der Waals surface area contributed by atoms with Crippen LogP contribution in [-0.2, 0) is 4.74 Å². The molecule has 0 unspecified atom stereocenters. The Labute approximate surface area is 118 Å². The molecule has 2 N–H and O–H groups in total. The number of rotatable bonds is 4. The third-order valence-corrected chi connectivity index (χ3v) is 2.95. The summed E-state index contributed by atoms with van der Waals surface area (Å²) in [5.41, 5.74) is 6.18. The maximum absolute atomic E-state index is 11.7. The zero-order valence-corrected chi connectivity index (χ0v) is 12.2. The van der Waals surface area contributed by atoms with Crippen LogP contribution in [0.2, 0.25) is 0 Å². The smallest absolute Gasteiger partial charge is 0.340 e. The highest BCUT2D eigenvalue weighted by Gasteiger charge is 2.17. The van der Waals surface area contributed by atoms with Gasteiger partial charge in [0.15, 0.2) is 0 Å². The fourth-order valence-electron chi connectivity index (χ4n) is 1.24. The highest BCUT2D eigenvalue weighted by molar-refractivity contribution is 9.10. The second kappa shape index (κ2) is 6.61. The molecule has 0 aliphatic heterocycles. The van der Waals surface area contributed by atoms with Crippen molar-refractivity contribution >= 4 is 45.0 Å². The van der Waals surface area contributed by atoms with Crippen LogP contribution in [0, 0.1) is 0 Å². The summed E-state index contributed by atoms with van der Waals surface area (Å²) in [7, 11) is 2.78. The highest BCUT2D eigenvalue weighted by atomic mass is 79.9. The number of hydrogen-bond donors (Lipinski definition) is 1. The average Bonchev–Trinajstić information content (AvgIpc) is 2.39. The minimum Gasteiger partial charge on any atom is -0.497 e. The van der Waals surface area contributed by atoms with E-state index in [0.717, 1.165) is 0 Å². The lowest BCUT2D eigenvalue weighted by Crippen LogP contribution is -2.13. The summed E-state index contributed by atoms with van der Waals surface area (Å²) in [4.78, 5) is 15.8. The molecule has 0 heterocycles. The van der Waals surface area contributed by atoms with E-state index in [0.29, 0.717) is 15.9 Å². The Bertz CT molecular complexity index is 491. The fraction of sp³-hybridized carbons (Fsp3) is 0.273. The normalized spacial score (nSPS) is 11.2. The molecule has 0 radical (unpaired) electrons. The lowest BCUT2D eigenvalue weighted by Gasteiger charge is -2.09. The Morgan fingerprint density at radius 3 is 2.67 bits per heavy atom. The Hall–Kier alpha value is -1.27. The molecule has 0 spiro atoms. The van der Waals surface area contributed by atoms with Crippen LogP contribution in [0.25, 0.3) is 0 Å². The number of aliphatic imine (C=N–C) groups is 1. The second-order valence-electron chi connectivity index (χ2n) is 3.23. The van der Waals surface area contributed by atoms with Crippen molar-refractivity contribution < 1.29 is 14.3 Å². The lowest BCUT2D eigenvalue weighted by molar-refractivity contribution is 0.0601. The number of halogens is 2. The van der Waals surface area contributed by atoms with Crippen molar-refractivity contribution in [1.82, 2.24) is 0 Å². The molecule has 0 saturated carbocycles. The van der Waals surface area contributed by atoms with Crippen molar-refractivity contribution in [3.8, 4) is 5.75 Å². The molecule has 1 aromatic carbocycles. The number of ether oxygens (including phenoxy) is 2. The van der Waals surface area contributed by atoms with E-state index in [-0.39, 0.29) is 17.3 Å². The molecule has 0 bridgehead atoms. The van der Waals surface area contributed by atoms with Gasteiger partial charge in [-0.1, -0.05) is 0 Å². The summed E-state index contributed by atoms with van der Waals surface area (Å²) in [5, 5.41) is 0. The van der Waals surface area contributed by atoms with E-state index < -0.39 is 5.97 Å². The number of hydrogen-bond acceptors (Lipinski definition) is 4. The molecule has 0 aromatic heterocycles. The van der Waals surface area contributed by atoms with Crippen LogP contribution < -0.4 is 10.5 Å². The lowest BCUT2D eigenvalue weighted by atomic mass is 10.1. The van der Waals surface area contributed by atoms with Crippen LogP contribution in [0.1, 0.15) is 10.4 Å². The van der Waals surface area contributed by atoms with Gasteiger partial charge >= 0.3 is 5.97 Å². The number of carbonyl (C=O) groups is 1. The predicted molar refractivity (Wildman–Crippen MR) is 74.0 cm³/mol. The van der Waals surface area contributed by atoms with Crippen LogP contribution in [0.3, 0.4) is 0 Å². The first-order valence-electron chi connectivity index (χ1n) is 4.88. The highest BCUT2D eigenvalue weighted by Crippen LogP contribution is 2.34. The van der Waals surface area contributed by atoms with Crippen molar-refractivity contribution in [2.75, 3.05) is 20.1 Å². The van der Waals surface area contributed by atoms with Gasteiger partial charge in [-0.05, 0) is 28.1 Å². The molecule has 7 heteroatoms. The van der Waals surface area contributed by atoms with E-state index in [2.05, 4.69) is 25.7 Å². The number of alkyl halides is 1. The van der Waals surface area contributed by atoms with Crippen LogP contribution in [0.4, 0.5) is 5.69 Å². The SMILES string of the molecule is COC(=O)c1cc(OC)cc(Br)c1N=C(N)CCl. The predicted octanol–water partition coefficient (Wildman–Crippen LogP) is 2.47. The third kappa shape index (κ3) is 3.36. The van der Waals surface area contributed by atoms with Crippen molar-refractivity contribution in [1.29, 1.82) is 0 Å². The first-order valence-corrected chi connectivity index (χ1v) is 6.21. The molecule has 5 nitrogen and oxygen atoms in total. The molecule has 0 aliphatic rings. The maximum Gasteiger partial charge on any atom is 0.340 e. The molecule has 1 aromatic rings. The molecule has 0 saturated heterocycles. The average molecular weight is 336 g/mol. The van der Waals surface area contributed by atoms with Crippen LogP contribution in [0.15, 0.2) is 21.6 Å². The van der Waals surface area contributed by atoms with Crippen LogP contribution >= 0.6 is 27.5 Å². The number of carbonyl (C=O) groups excluding carboxylic acids is 1. The maximum atomic E-state index is 11.7. The number of esters is 1. The summed E-state index contributed by atoms with van der Waals surface area (Å²) in [5.74, 6) is 0.244. The molecule has 1 rings (SSSR count). The van der Waals surface area contributed by atoms with Gasteiger partial charge in [0.05, 0.1) is 31.4 Å². The van der Waals surface area contributed by atoms with Crippen molar-refractivity contribution in [3.63, 3.8) is 0 Å². The number of nitrogens with two attached hydrogens (primary N) is 1. The monoisotopic (exact) mass is 334 g/mol. The van der Waals surface area contributed by atoms with Gasteiger partial charge in [-0.2, -0.15) is 0 Å². The van der Waals surface area contributed by atoms with Gasteiger partial charge in [0.1, 0.15) is 11.6 Å². The van der Waals surface area contributed by atoms with Gasteiger partial charge in [-0.15, -0.1) is 11.6 Å². The van der Waals surface area contributed by atoms with E-state index in [1.807, 2.05) is 0 Å². The molecule has 98 valence electrons. The van der Waals surface area contributed by atoms with Gasteiger partial charge in [-0.25, -0.2) is 9.79 Å².